The first-order valence-corrected chi connectivity index (χ1v) is 18.7. The van der Waals surface area contributed by atoms with Crippen LogP contribution in [0.3, 0.4) is 0 Å². The zero-order valence-electron chi connectivity index (χ0n) is 23.8. The summed E-state index contributed by atoms with van der Waals surface area (Å²) in [4.78, 5) is 0. The van der Waals surface area contributed by atoms with E-state index in [9.17, 15) is 8.42 Å². The largest absolute Gasteiger partial charge is 0.397 e. The molecule has 0 aliphatic rings. The van der Waals surface area contributed by atoms with Crippen molar-refractivity contribution >= 4 is 17.7 Å². The average molecular weight is 526 g/mol. The van der Waals surface area contributed by atoms with Gasteiger partial charge in [0.15, 0.2) is 0 Å². The topological polar surface area (TPSA) is 63.6 Å². The molecule has 0 rings (SSSR count). The van der Waals surface area contributed by atoms with Crippen LogP contribution in [0.25, 0.3) is 0 Å². The highest BCUT2D eigenvalue weighted by molar-refractivity contribution is 7.80. The second kappa shape index (κ2) is 26.4. The molecule has 0 aromatic heterocycles. The number of hydrogen-bond acceptors (Lipinski definition) is 3. The molecular weight excluding hydrogens is 463 g/mol. The highest BCUT2D eigenvalue weighted by Crippen LogP contribution is 2.61. The van der Waals surface area contributed by atoms with Crippen molar-refractivity contribution in [2.45, 2.75) is 150 Å². The zero-order valence-corrected chi connectivity index (χ0v) is 25.5. The van der Waals surface area contributed by atoms with Crippen molar-refractivity contribution in [3.8, 4) is 0 Å². The van der Waals surface area contributed by atoms with Gasteiger partial charge in [-0.3, -0.25) is 4.55 Å². The molecule has 0 heterocycles. The van der Waals surface area contributed by atoms with E-state index in [2.05, 4.69) is 38.8 Å². The first kappa shape index (κ1) is 36.5. The second-order valence-electron chi connectivity index (χ2n) is 10.1. The van der Waals surface area contributed by atoms with Crippen molar-refractivity contribution in [1.82, 2.24) is 0 Å². The molecule has 0 aliphatic heterocycles. The molecule has 4 nitrogen and oxygen atoms in total. The molecule has 0 aliphatic carbocycles. The molecule has 0 saturated heterocycles. The number of hydrogen-bond donors (Lipinski definition) is 1. The maximum absolute atomic E-state index is 10.2. The van der Waals surface area contributed by atoms with Gasteiger partial charge in [-0.05, 0) is 32.1 Å². The molecule has 0 aromatic carbocycles. The molecule has 1 N–H and O–H groups in total. The lowest BCUT2D eigenvalue weighted by atomic mass is 10.1. The van der Waals surface area contributed by atoms with Crippen LogP contribution in [-0.4, -0.2) is 44.2 Å². The van der Waals surface area contributed by atoms with Gasteiger partial charge in [-0.1, -0.05) is 118 Å². The third kappa shape index (κ3) is 26.9. The molecular formula is C28H62O4PS+. The van der Waals surface area contributed by atoms with Crippen molar-refractivity contribution in [3.63, 3.8) is 0 Å². The summed E-state index contributed by atoms with van der Waals surface area (Å²) in [6.45, 7) is 11.7. The Kier molecular flexibility index (Phi) is 28.3. The Labute approximate surface area is 216 Å². The van der Waals surface area contributed by atoms with Crippen molar-refractivity contribution in [2.24, 2.45) is 0 Å². The van der Waals surface area contributed by atoms with Crippen LogP contribution in [0.4, 0.5) is 0 Å². The molecule has 0 spiro atoms. The summed E-state index contributed by atoms with van der Waals surface area (Å²) in [7, 11) is -4.80. The minimum absolute atomic E-state index is 0.0926. The van der Waals surface area contributed by atoms with Gasteiger partial charge in [0.25, 0.3) is 0 Å². The fraction of sp³-hybridized carbons (Fsp3) is 1.00. The Morgan fingerprint density at radius 3 is 1.09 bits per heavy atom. The Hall–Kier alpha value is 0.300. The predicted molar refractivity (Wildman–Crippen MR) is 155 cm³/mol. The van der Waals surface area contributed by atoms with Crippen LogP contribution in [0.5, 0.6) is 0 Å². The second-order valence-corrected chi connectivity index (χ2v) is 15.6. The minimum Gasteiger partial charge on any atom is -0.264 e. The molecule has 0 aromatic rings. The third-order valence-corrected chi connectivity index (χ3v) is 12.2. The molecule has 0 bridgehead atoms. The normalized spacial score (nSPS) is 11.9. The standard InChI is InChI=1S/C16H36P.C12H26O4S/c1-5-9-13-17(14-10-6-2,15-11-7-3)16-12-8-4;1-2-3-4-5-6-7-8-9-10-11-12-16-17(13,14)15/h5-16H2,1-4H3;2-12H2,1H3,(H,13,14,15)/q+1;. The molecule has 0 amide bonds. The molecule has 0 fully saturated rings. The monoisotopic (exact) mass is 525 g/mol. The van der Waals surface area contributed by atoms with Gasteiger partial charge in [-0.15, -0.1) is 0 Å². The SMILES string of the molecule is CCCCCCCCCCCCOS(=O)(=O)O.CCCC[P+](CCCC)(CCCC)CCCC. The van der Waals surface area contributed by atoms with Crippen molar-refractivity contribution in [2.75, 3.05) is 31.3 Å². The van der Waals surface area contributed by atoms with Crippen LogP contribution < -0.4 is 0 Å². The minimum atomic E-state index is -4.23. The van der Waals surface area contributed by atoms with Crippen LogP contribution in [-0.2, 0) is 14.6 Å². The summed E-state index contributed by atoms with van der Waals surface area (Å²) in [6.07, 6.45) is 29.8. The Morgan fingerprint density at radius 2 is 0.794 bits per heavy atom. The maximum Gasteiger partial charge on any atom is 0.397 e. The molecule has 6 heteroatoms. The van der Waals surface area contributed by atoms with E-state index in [1.165, 1.54) is 96.3 Å². The van der Waals surface area contributed by atoms with Crippen molar-refractivity contribution in [1.29, 1.82) is 0 Å². The predicted octanol–water partition coefficient (Wildman–Crippen LogP) is 9.93. The van der Waals surface area contributed by atoms with Crippen LogP contribution in [0.2, 0.25) is 0 Å². The van der Waals surface area contributed by atoms with E-state index in [-0.39, 0.29) is 6.61 Å². The van der Waals surface area contributed by atoms with Gasteiger partial charge in [-0.2, -0.15) is 8.42 Å². The van der Waals surface area contributed by atoms with Gasteiger partial charge in [0.2, 0.25) is 0 Å². The molecule has 0 radical (unpaired) electrons. The van der Waals surface area contributed by atoms with Gasteiger partial charge in [0, 0.05) is 7.26 Å². The van der Waals surface area contributed by atoms with Crippen LogP contribution in [0.1, 0.15) is 150 Å². The highest BCUT2D eigenvalue weighted by Gasteiger charge is 2.34. The first-order chi connectivity index (χ1) is 16.3. The molecule has 0 unspecified atom stereocenters. The van der Waals surface area contributed by atoms with E-state index in [4.69, 9.17) is 4.55 Å². The van der Waals surface area contributed by atoms with Gasteiger partial charge >= 0.3 is 10.4 Å². The van der Waals surface area contributed by atoms with Gasteiger partial charge in [-0.25, -0.2) is 4.18 Å². The lowest BCUT2D eigenvalue weighted by Gasteiger charge is -2.28. The van der Waals surface area contributed by atoms with E-state index < -0.39 is 17.7 Å². The number of unbranched alkanes of at least 4 members (excludes halogenated alkanes) is 13. The quantitative estimate of drug-likeness (QED) is 0.0773. The lowest BCUT2D eigenvalue weighted by Crippen LogP contribution is -2.12. The average Bonchev–Trinajstić information content (AvgIpc) is 2.81. The summed E-state index contributed by atoms with van der Waals surface area (Å²) < 4.78 is 33.0. The van der Waals surface area contributed by atoms with Crippen molar-refractivity contribution in [3.05, 3.63) is 0 Å². The zero-order chi connectivity index (χ0) is 26.0. The fourth-order valence-electron chi connectivity index (χ4n) is 4.40. The first-order valence-electron chi connectivity index (χ1n) is 14.8. The van der Waals surface area contributed by atoms with Crippen LogP contribution in [0.15, 0.2) is 0 Å². The Morgan fingerprint density at radius 1 is 0.500 bits per heavy atom. The van der Waals surface area contributed by atoms with Gasteiger partial charge in [0.05, 0.1) is 31.3 Å². The lowest BCUT2D eigenvalue weighted by molar-refractivity contribution is 0.261. The Bertz CT molecular complexity index is 459. The van der Waals surface area contributed by atoms with E-state index in [0.717, 1.165) is 12.8 Å². The molecule has 34 heavy (non-hydrogen) atoms. The molecule has 0 atom stereocenters. The summed E-state index contributed by atoms with van der Waals surface area (Å²) in [5, 5.41) is 0. The number of rotatable bonds is 24. The van der Waals surface area contributed by atoms with Crippen LogP contribution in [0, 0.1) is 0 Å². The van der Waals surface area contributed by atoms with E-state index in [1.807, 2.05) is 0 Å². The molecule has 0 saturated carbocycles. The van der Waals surface area contributed by atoms with E-state index in [0.29, 0.717) is 6.42 Å². The summed E-state index contributed by atoms with van der Waals surface area (Å²) in [6, 6.07) is 0. The van der Waals surface area contributed by atoms with Gasteiger partial charge < -0.3 is 0 Å². The summed E-state index contributed by atoms with van der Waals surface area (Å²) in [5.74, 6) is 0. The fourth-order valence-corrected chi connectivity index (χ4v) is 10.0. The third-order valence-electron chi connectivity index (χ3n) is 6.67. The molecule has 208 valence electrons. The van der Waals surface area contributed by atoms with Crippen LogP contribution >= 0.6 is 7.26 Å². The summed E-state index contributed by atoms with van der Waals surface area (Å²) in [5.41, 5.74) is 0. The Balaban J connectivity index is 0. The summed E-state index contributed by atoms with van der Waals surface area (Å²) >= 11 is 0. The highest BCUT2D eigenvalue weighted by atomic mass is 32.3. The van der Waals surface area contributed by atoms with E-state index in [1.54, 1.807) is 24.6 Å². The maximum atomic E-state index is 10.2. The van der Waals surface area contributed by atoms with Gasteiger partial charge in [0.1, 0.15) is 0 Å². The smallest absolute Gasteiger partial charge is 0.264 e. The van der Waals surface area contributed by atoms with Crippen molar-refractivity contribution < 1.29 is 17.2 Å². The van der Waals surface area contributed by atoms with E-state index >= 15 is 0 Å².